The molecule has 2 aliphatic carbocycles. The Hall–Kier alpha value is -0.810. The van der Waals surface area contributed by atoms with Crippen LogP contribution >= 0.6 is 0 Å². The van der Waals surface area contributed by atoms with Gasteiger partial charge in [0.15, 0.2) is 5.96 Å². The molecule has 0 bridgehead atoms. The van der Waals surface area contributed by atoms with Gasteiger partial charge in [0, 0.05) is 56.6 Å². The first-order chi connectivity index (χ1) is 11.3. The molecule has 2 heterocycles. The number of hydrogen-bond donors (Lipinski definition) is 1. The lowest BCUT2D eigenvalue weighted by Gasteiger charge is -2.63. The molecule has 0 aromatic carbocycles. The van der Waals surface area contributed by atoms with Gasteiger partial charge in [0.25, 0.3) is 0 Å². The van der Waals surface area contributed by atoms with E-state index in [-0.39, 0.29) is 0 Å². The Morgan fingerprint density at radius 3 is 2.96 bits per heavy atom. The average Bonchev–Trinajstić information content (AvgIpc) is 3.11. The van der Waals surface area contributed by atoms with Crippen molar-refractivity contribution in [2.75, 3.05) is 40.0 Å². The Morgan fingerprint density at radius 2 is 2.26 bits per heavy atom. The monoisotopic (exact) mass is 321 g/mol. The zero-order valence-electron chi connectivity index (χ0n) is 14.6. The van der Waals surface area contributed by atoms with Crippen molar-refractivity contribution in [3.63, 3.8) is 0 Å². The van der Waals surface area contributed by atoms with Crippen LogP contribution in [0.25, 0.3) is 0 Å². The number of ether oxygens (including phenoxy) is 2. The summed E-state index contributed by atoms with van der Waals surface area (Å²) in [6, 6.07) is 0.579. The van der Waals surface area contributed by atoms with E-state index in [1.165, 1.54) is 32.1 Å². The number of aliphatic imine (C=N–C) groups is 1. The van der Waals surface area contributed by atoms with Gasteiger partial charge in [-0.3, -0.25) is 4.99 Å². The van der Waals surface area contributed by atoms with E-state index < -0.39 is 0 Å². The molecule has 2 aliphatic heterocycles. The summed E-state index contributed by atoms with van der Waals surface area (Å²) in [4.78, 5) is 7.26. The Labute approximate surface area is 139 Å². The van der Waals surface area contributed by atoms with Crippen LogP contribution in [0.15, 0.2) is 4.99 Å². The highest BCUT2D eigenvalue weighted by atomic mass is 16.5. The van der Waals surface area contributed by atoms with Gasteiger partial charge in [0.2, 0.25) is 0 Å². The van der Waals surface area contributed by atoms with Crippen molar-refractivity contribution < 1.29 is 9.47 Å². The molecule has 0 aromatic heterocycles. The van der Waals surface area contributed by atoms with Gasteiger partial charge in [-0.2, -0.15) is 0 Å². The quantitative estimate of drug-likeness (QED) is 0.634. The SMILES string of the molecule is CCN=C(NC1C2CCOC2C12CCC2)N1CCC(COC)C1. The van der Waals surface area contributed by atoms with Crippen molar-refractivity contribution in [2.45, 2.75) is 51.2 Å². The number of fused-ring (bicyclic) bond motifs is 2. The first kappa shape index (κ1) is 15.7. The highest BCUT2D eigenvalue weighted by Crippen LogP contribution is 2.62. The molecule has 4 unspecified atom stereocenters. The standard InChI is InChI=1S/C18H31N3O2/c1-3-19-17(21-9-5-13(11-21)12-22-2)20-15-14-6-10-23-16(14)18(15)7-4-8-18/h13-16H,3-12H2,1-2H3,(H,19,20). The molecule has 4 aliphatic rings. The fourth-order valence-corrected chi connectivity index (χ4v) is 5.38. The molecule has 4 rings (SSSR count). The minimum Gasteiger partial charge on any atom is -0.384 e. The molecule has 1 N–H and O–H groups in total. The topological polar surface area (TPSA) is 46.1 Å². The maximum atomic E-state index is 6.05. The summed E-state index contributed by atoms with van der Waals surface area (Å²) in [6.45, 7) is 6.97. The van der Waals surface area contributed by atoms with Gasteiger partial charge in [-0.15, -0.1) is 0 Å². The van der Waals surface area contributed by atoms with Crippen LogP contribution in [0.1, 0.15) is 39.0 Å². The molecule has 4 atom stereocenters. The number of methoxy groups -OCH3 is 1. The second-order valence-corrected chi connectivity index (χ2v) is 7.81. The van der Waals surface area contributed by atoms with Gasteiger partial charge in [0.05, 0.1) is 12.7 Å². The van der Waals surface area contributed by atoms with Crippen molar-refractivity contribution in [1.82, 2.24) is 10.2 Å². The van der Waals surface area contributed by atoms with E-state index in [0.29, 0.717) is 29.4 Å². The fraction of sp³-hybridized carbons (Fsp3) is 0.944. The smallest absolute Gasteiger partial charge is 0.194 e. The van der Waals surface area contributed by atoms with Crippen LogP contribution in [0.3, 0.4) is 0 Å². The normalized spacial score (nSPS) is 38.3. The Morgan fingerprint density at radius 1 is 1.39 bits per heavy atom. The Kier molecular flexibility index (Phi) is 4.26. The number of guanidine groups is 1. The second-order valence-electron chi connectivity index (χ2n) is 7.81. The highest BCUT2D eigenvalue weighted by molar-refractivity contribution is 5.81. The van der Waals surface area contributed by atoms with Crippen molar-refractivity contribution in [3.8, 4) is 0 Å². The summed E-state index contributed by atoms with van der Waals surface area (Å²) in [7, 11) is 1.80. The van der Waals surface area contributed by atoms with Crippen LogP contribution in [-0.2, 0) is 9.47 Å². The molecule has 1 spiro atoms. The van der Waals surface area contributed by atoms with Gasteiger partial charge in [0.1, 0.15) is 0 Å². The van der Waals surface area contributed by atoms with Crippen LogP contribution in [0.2, 0.25) is 0 Å². The number of nitrogens with zero attached hydrogens (tertiary/aromatic N) is 2. The molecule has 0 aromatic rings. The summed E-state index contributed by atoms with van der Waals surface area (Å²) in [5.74, 6) is 2.48. The number of likely N-dealkylation sites (tertiary alicyclic amines) is 1. The summed E-state index contributed by atoms with van der Waals surface area (Å²) in [5.41, 5.74) is 0.418. The van der Waals surface area contributed by atoms with Gasteiger partial charge >= 0.3 is 0 Å². The van der Waals surface area contributed by atoms with Gasteiger partial charge < -0.3 is 19.7 Å². The van der Waals surface area contributed by atoms with Crippen LogP contribution in [-0.4, -0.2) is 63.0 Å². The minimum absolute atomic E-state index is 0.418. The first-order valence-corrected chi connectivity index (χ1v) is 9.45. The number of nitrogens with one attached hydrogen (secondary N) is 1. The molecule has 2 saturated carbocycles. The molecule has 0 radical (unpaired) electrons. The van der Waals surface area contributed by atoms with Crippen molar-refractivity contribution >= 4 is 5.96 Å². The van der Waals surface area contributed by atoms with Crippen LogP contribution < -0.4 is 5.32 Å². The molecule has 4 fully saturated rings. The molecule has 5 heteroatoms. The second kappa shape index (κ2) is 6.25. The lowest BCUT2D eigenvalue weighted by Crippen LogP contribution is -2.72. The van der Waals surface area contributed by atoms with Gasteiger partial charge in [-0.1, -0.05) is 6.42 Å². The predicted molar refractivity (Wildman–Crippen MR) is 90.6 cm³/mol. The third-order valence-electron chi connectivity index (χ3n) is 6.62. The molecule has 5 nitrogen and oxygen atoms in total. The Balaban J connectivity index is 1.44. The summed E-state index contributed by atoms with van der Waals surface area (Å²) >= 11 is 0. The number of rotatable bonds is 4. The zero-order valence-corrected chi connectivity index (χ0v) is 14.6. The molecule has 2 saturated heterocycles. The Bertz CT molecular complexity index is 463. The van der Waals surface area contributed by atoms with Crippen LogP contribution in [0.4, 0.5) is 0 Å². The maximum absolute atomic E-state index is 6.05. The van der Waals surface area contributed by atoms with Gasteiger partial charge in [-0.25, -0.2) is 0 Å². The molecule has 130 valence electrons. The van der Waals surface area contributed by atoms with E-state index in [9.17, 15) is 0 Å². The predicted octanol–water partition coefficient (Wildman–Crippen LogP) is 1.88. The largest absolute Gasteiger partial charge is 0.384 e. The van der Waals surface area contributed by atoms with Crippen molar-refractivity contribution in [3.05, 3.63) is 0 Å². The van der Waals surface area contributed by atoms with Crippen molar-refractivity contribution in [1.29, 1.82) is 0 Å². The van der Waals surface area contributed by atoms with Crippen molar-refractivity contribution in [2.24, 2.45) is 22.2 Å². The minimum atomic E-state index is 0.418. The van der Waals surface area contributed by atoms with E-state index in [2.05, 4.69) is 17.1 Å². The van der Waals surface area contributed by atoms with Crippen LogP contribution in [0.5, 0.6) is 0 Å². The molecule has 0 amide bonds. The van der Waals surface area contributed by atoms with Gasteiger partial charge in [-0.05, 0) is 32.6 Å². The first-order valence-electron chi connectivity index (χ1n) is 9.45. The summed E-state index contributed by atoms with van der Waals surface area (Å²) in [5, 5.41) is 3.88. The summed E-state index contributed by atoms with van der Waals surface area (Å²) < 4.78 is 11.4. The maximum Gasteiger partial charge on any atom is 0.194 e. The molecular weight excluding hydrogens is 290 g/mol. The molecule has 23 heavy (non-hydrogen) atoms. The number of hydrogen-bond acceptors (Lipinski definition) is 3. The van der Waals surface area contributed by atoms with E-state index in [0.717, 1.165) is 38.8 Å². The summed E-state index contributed by atoms with van der Waals surface area (Å²) in [6.07, 6.45) is 6.98. The highest BCUT2D eigenvalue weighted by Gasteiger charge is 2.66. The molecular formula is C18H31N3O2. The fourth-order valence-electron chi connectivity index (χ4n) is 5.38. The van der Waals surface area contributed by atoms with E-state index in [1.54, 1.807) is 7.11 Å². The lowest BCUT2D eigenvalue weighted by molar-refractivity contribution is -0.171. The van der Waals surface area contributed by atoms with E-state index in [4.69, 9.17) is 14.5 Å². The average molecular weight is 321 g/mol. The third kappa shape index (κ3) is 2.47. The lowest BCUT2D eigenvalue weighted by atomic mass is 9.46. The van der Waals surface area contributed by atoms with E-state index >= 15 is 0 Å². The van der Waals surface area contributed by atoms with E-state index in [1.807, 2.05) is 0 Å². The zero-order chi connectivity index (χ0) is 15.9. The van der Waals surface area contributed by atoms with Crippen LogP contribution in [0, 0.1) is 17.3 Å². The third-order valence-corrected chi connectivity index (χ3v) is 6.62.